The zero-order valence-electron chi connectivity index (χ0n) is 10.2. The molecule has 18 heavy (non-hydrogen) atoms. The van der Waals surface area contributed by atoms with Crippen molar-refractivity contribution in [3.8, 4) is 0 Å². The quantitative estimate of drug-likeness (QED) is 0.637. The van der Waals surface area contributed by atoms with Gasteiger partial charge in [0, 0.05) is 11.9 Å². The second-order valence-corrected chi connectivity index (χ2v) is 4.83. The summed E-state index contributed by atoms with van der Waals surface area (Å²) < 4.78 is 0. The molecule has 0 spiro atoms. The molecule has 2 aromatic rings. The number of aryl methyl sites for hydroxylation is 1. The molecular weight excluding hydrogens is 248 g/mol. The smallest absolute Gasteiger partial charge is 0.147 e. The Morgan fingerprint density at radius 2 is 2.17 bits per heavy atom. The zero-order chi connectivity index (χ0) is 13.1. The van der Waals surface area contributed by atoms with Crippen molar-refractivity contribution in [3.05, 3.63) is 34.2 Å². The van der Waals surface area contributed by atoms with E-state index in [0.29, 0.717) is 5.69 Å². The Morgan fingerprint density at radius 1 is 1.39 bits per heavy atom. The van der Waals surface area contributed by atoms with Crippen molar-refractivity contribution in [3.63, 3.8) is 0 Å². The van der Waals surface area contributed by atoms with Gasteiger partial charge in [-0.15, -0.1) is 11.3 Å². The van der Waals surface area contributed by atoms with Crippen molar-refractivity contribution in [1.82, 2.24) is 15.0 Å². The van der Waals surface area contributed by atoms with Crippen LogP contribution in [0.3, 0.4) is 0 Å². The SMILES string of the molecule is Cc1ncsc1CN(C)c1cnc(C(=N)N)cn1. The number of anilines is 1. The molecule has 0 aromatic carbocycles. The van der Waals surface area contributed by atoms with Crippen LogP contribution in [-0.4, -0.2) is 27.8 Å². The van der Waals surface area contributed by atoms with Gasteiger partial charge in [-0.1, -0.05) is 0 Å². The van der Waals surface area contributed by atoms with Gasteiger partial charge in [-0.05, 0) is 6.92 Å². The molecule has 0 bridgehead atoms. The maximum absolute atomic E-state index is 7.25. The first-order valence-electron chi connectivity index (χ1n) is 5.34. The van der Waals surface area contributed by atoms with Crippen LogP contribution in [-0.2, 0) is 6.54 Å². The van der Waals surface area contributed by atoms with Crippen LogP contribution in [0.5, 0.6) is 0 Å². The van der Waals surface area contributed by atoms with Gasteiger partial charge in [-0.25, -0.2) is 15.0 Å². The lowest BCUT2D eigenvalue weighted by atomic mass is 10.3. The number of hydrogen-bond acceptors (Lipinski definition) is 6. The van der Waals surface area contributed by atoms with Gasteiger partial charge in [-0.2, -0.15) is 0 Å². The molecule has 0 amide bonds. The Morgan fingerprint density at radius 3 is 2.67 bits per heavy atom. The fraction of sp³-hybridized carbons (Fsp3) is 0.273. The summed E-state index contributed by atoms with van der Waals surface area (Å²) in [5, 5.41) is 7.25. The maximum atomic E-state index is 7.25. The van der Waals surface area contributed by atoms with E-state index in [0.717, 1.165) is 18.1 Å². The molecule has 2 aromatic heterocycles. The number of aromatic nitrogens is 3. The molecule has 0 fully saturated rings. The zero-order valence-corrected chi connectivity index (χ0v) is 11.0. The van der Waals surface area contributed by atoms with Crippen LogP contribution in [0.15, 0.2) is 17.9 Å². The number of nitrogens with two attached hydrogens (primary N) is 1. The highest BCUT2D eigenvalue weighted by atomic mass is 32.1. The Kier molecular flexibility index (Phi) is 3.52. The molecule has 0 aliphatic carbocycles. The van der Waals surface area contributed by atoms with Gasteiger partial charge in [0.05, 0.1) is 30.1 Å². The largest absolute Gasteiger partial charge is 0.382 e. The van der Waals surface area contributed by atoms with Crippen LogP contribution in [0.2, 0.25) is 0 Å². The highest BCUT2D eigenvalue weighted by Gasteiger charge is 2.08. The highest BCUT2D eigenvalue weighted by Crippen LogP contribution is 2.17. The first-order chi connectivity index (χ1) is 8.58. The summed E-state index contributed by atoms with van der Waals surface area (Å²) >= 11 is 1.63. The number of nitrogen functional groups attached to an aromatic ring is 1. The number of amidine groups is 1. The third-order valence-corrected chi connectivity index (χ3v) is 3.45. The van der Waals surface area contributed by atoms with Gasteiger partial charge in [0.2, 0.25) is 0 Å². The Labute approximate surface area is 109 Å². The van der Waals surface area contributed by atoms with E-state index >= 15 is 0 Å². The number of nitrogens with zero attached hydrogens (tertiary/aromatic N) is 4. The van der Waals surface area contributed by atoms with Crippen LogP contribution in [0, 0.1) is 12.3 Å². The Bertz CT molecular complexity index is 547. The van der Waals surface area contributed by atoms with Crippen molar-refractivity contribution >= 4 is 23.0 Å². The second kappa shape index (κ2) is 5.09. The van der Waals surface area contributed by atoms with Crippen molar-refractivity contribution in [2.75, 3.05) is 11.9 Å². The fourth-order valence-corrected chi connectivity index (χ4v) is 2.26. The van der Waals surface area contributed by atoms with Crippen LogP contribution < -0.4 is 10.6 Å². The minimum absolute atomic E-state index is 0.0741. The van der Waals surface area contributed by atoms with E-state index < -0.39 is 0 Å². The minimum atomic E-state index is -0.0741. The molecule has 0 radical (unpaired) electrons. The summed E-state index contributed by atoms with van der Waals surface area (Å²) in [7, 11) is 1.94. The molecule has 0 saturated carbocycles. The van der Waals surface area contributed by atoms with Gasteiger partial charge in [0.15, 0.2) is 0 Å². The molecule has 6 nitrogen and oxygen atoms in total. The van der Waals surface area contributed by atoms with Gasteiger partial charge >= 0.3 is 0 Å². The molecule has 0 aliphatic heterocycles. The fourth-order valence-electron chi connectivity index (χ4n) is 1.43. The Hall–Kier alpha value is -2.02. The monoisotopic (exact) mass is 262 g/mol. The van der Waals surface area contributed by atoms with Crippen molar-refractivity contribution in [2.45, 2.75) is 13.5 Å². The normalized spacial score (nSPS) is 10.3. The molecule has 7 heteroatoms. The van der Waals surface area contributed by atoms with E-state index in [2.05, 4.69) is 15.0 Å². The average Bonchev–Trinajstić information content (AvgIpc) is 2.75. The molecule has 2 heterocycles. The third-order valence-electron chi connectivity index (χ3n) is 2.53. The van der Waals surface area contributed by atoms with E-state index in [9.17, 15) is 0 Å². The lowest BCUT2D eigenvalue weighted by Gasteiger charge is -2.17. The van der Waals surface area contributed by atoms with Gasteiger partial charge in [0.1, 0.15) is 17.3 Å². The van der Waals surface area contributed by atoms with Crippen LogP contribution in [0.4, 0.5) is 5.82 Å². The van der Waals surface area contributed by atoms with E-state index in [-0.39, 0.29) is 5.84 Å². The van der Waals surface area contributed by atoms with Crippen LogP contribution >= 0.6 is 11.3 Å². The first-order valence-corrected chi connectivity index (χ1v) is 6.22. The predicted molar refractivity (Wildman–Crippen MR) is 72.0 cm³/mol. The van der Waals surface area contributed by atoms with Crippen molar-refractivity contribution in [1.29, 1.82) is 5.41 Å². The average molecular weight is 262 g/mol. The summed E-state index contributed by atoms with van der Waals surface area (Å²) in [6, 6.07) is 0. The van der Waals surface area contributed by atoms with E-state index in [1.165, 1.54) is 11.1 Å². The van der Waals surface area contributed by atoms with Crippen LogP contribution in [0.1, 0.15) is 16.3 Å². The molecular formula is C11H14N6S. The Balaban J connectivity index is 2.12. The molecule has 2 rings (SSSR count). The molecule has 3 N–H and O–H groups in total. The molecule has 0 atom stereocenters. The van der Waals surface area contributed by atoms with Gasteiger partial charge in [-0.3, -0.25) is 5.41 Å². The standard InChI is InChI=1S/C11H14N6S/c1-7-9(18-6-16-7)5-17(2)10-4-14-8(3-15-10)11(12)13/h3-4,6H,5H2,1-2H3,(H3,12,13). The summed E-state index contributed by atoms with van der Waals surface area (Å²) in [4.78, 5) is 15.7. The number of hydrogen-bond donors (Lipinski definition) is 2. The number of rotatable bonds is 4. The van der Waals surface area contributed by atoms with Gasteiger partial charge < -0.3 is 10.6 Å². The maximum Gasteiger partial charge on any atom is 0.147 e. The van der Waals surface area contributed by atoms with Gasteiger partial charge in [0.25, 0.3) is 0 Å². The lowest BCUT2D eigenvalue weighted by molar-refractivity contribution is 0.892. The summed E-state index contributed by atoms with van der Waals surface area (Å²) in [5.74, 6) is 0.669. The van der Waals surface area contributed by atoms with Crippen molar-refractivity contribution in [2.24, 2.45) is 5.73 Å². The van der Waals surface area contributed by atoms with Crippen molar-refractivity contribution < 1.29 is 0 Å². The molecule has 0 saturated heterocycles. The summed E-state index contributed by atoms with van der Waals surface area (Å²) in [6.07, 6.45) is 3.13. The van der Waals surface area contributed by atoms with Crippen LogP contribution in [0.25, 0.3) is 0 Å². The topological polar surface area (TPSA) is 91.8 Å². The number of nitrogens with one attached hydrogen (secondary N) is 1. The minimum Gasteiger partial charge on any atom is -0.382 e. The molecule has 0 aliphatic rings. The summed E-state index contributed by atoms with van der Waals surface area (Å²) in [5.41, 5.74) is 8.60. The highest BCUT2D eigenvalue weighted by molar-refractivity contribution is 7.09. The lowest BCUT2D eigenvalue weighted by Crippen LogP contribution is -2.19. The third kappa shape index (κ3) is 2.62. The van der Waals surface area contributed by atoms with E-state index in [1.807, 2.05) is 24.4 Å². The predicted octanol–water partition coefficient (Wildman–Crippen LogP) is 1.16. The molecule has 0 unspecified atom stereocenters. The summed E-state index contributed by atoms with van der Waals surface area (Å²) in [6.45, 7) is 2.73. The first kappa shape index (κ1) is 12.4. The van der Waals surface area contributed by atoms with E-state index in [1.54, 1.807) is 17.5 Å². The second-order valence-electron chi connectivity index (χ2n) is 3.89. The van der Waals surface area contributed by atoms with E-state index in [4.69, 9.17) is 11.1 Å². The number of thiazole rings is 1. The molecule has 94 valence electrons.